The molecule has 0 unspecified atom stereocenters. The molecule has 0 amide bonds. The summed E-state index contributed by atoms with van der Waals surface area (Å²) in [6, 6.07) is 1.43. The Balaban J connectivity index is 1.70. The van der Waals surface area contributed by atoms with Crippen LogP contribution >= 0.6 is 15.9 Å². The molecule has 3 nitrogen and oxygen atoms in total. The molecule has 1 N–H and O–H groups in total. The number of hydrogen-bond acceptors (Lipinski definition) is 3. The largest absolute Gasteiger partial charge is 0.368 e. The summed E-state index contributed by atoms with van der Waals surface area (Å²) in [5.74, 6) is 0.0372. The topological polar surface area (TPSA) is 28.2 Å². The maximum atomic E-state index is 13.4. The zero-order chi connectivity index (χ0) is 12.1. The molecule has 0 spiro atoms. The fourth-order valence-corrected chi connectivity index (χ4v) is 2.36. The van der Waals surface area contributed by atoms with E-state index in [1.54, 1.807) is 6.20 Å². The number of aromatic nitrogens is 1. The van der Waals surface area contributed by atoms with Gasteiger partial charge < -0.3 is 10.2 Å². The van der Waals surface area contributed by atoms with Gasteiger partial charge in [0.05, 0.1) is 0 Å². The van der Waals surface area contributed by atoms with Gasteiger partial charge in [0.1, 0.15) is 0 Å². The van der Waals surface area contributed by atoms with Gasteiger partial charge >= 0.3 is 0 Å². The molecule has 0 radical (unpaired) electrons. The zero-order valence-corrected chi connectivity index (χ0v) is 11.3. The minimum absolute atomic E-state index is 0.305. The fraction of sp³-hybridized carbons (Fsp3) is 0.583. The second kappa shape index (κ2) is 6.31. The smallest absolute Gasteiger partial charge is 0.166 e. The molecule has 0 saturated carbocycles. The van der Waals surface area contributed by atoms with Crippen LogP contribution in [0.4, 0.5) is 10.2 Å². The van der Waals surface area contributed by atoms with E-state index in [0.717, 1.165) is 19.5 Å². The van der Waals surface area contributed by atoms with Crippen molar-refractivity contribution in [2.24, 2.45) is 0 Å². The van der Waals surface area contributed by atoms with E-state index in [2.05, 4.69) is 31.1 Å². The molecule has 0 aromatic carbocycles. The molecular weight excluding hydrogens is 285 g/mol. The Morgan fingerprint density at radius 3 is 2.88 bits per heavy atom. The van der Waals surface area contributed by atoms with Crippen LogP contribution < -0.4 is 5.32 Å². The van der Waals surface area contributed by atoms with Crippen LogP contribution in [-0.2, 0) is 0 Å². The molecule has 0 atom stereocenters. The highest BCUT2D eigenvalue weighted by Crippen LogP contribution is 2.16. The standard InChI is InChI=1S/C12H17BrFN3/c13-10-8-11(14)12(16-9-10)15-4-3-7-17-5-1-2-6-17/h8-9H,1-7H2,(H,15,16). The van der Waals surface area contributed by atoms with Gasteiger partial charge in [0, 0.05) is 17.2 Å². The lowest BCUT2D eigenvalue weighted by molar-refractivity contribution is 0.337. The molecular formula is C12H17BrFN3. The SMILES string of the molecule is Fc1cc(Br)cnc1NCCCN1CCCC1. The van der Waals surface area contributed by atoms with Gasteiger partial charge in [-0.05, 0) is 60.9 Å². The summed E-state index contributed by atoms with van der Waals surface area (Å²) in [4.78, 5) is 6.45. The van der Waals surface area contributed by atoms with Crippen molar-refractivity contribution in [2.75, 3.05) is 31.5 Å². The molecule has 1 aliphatic heterocycles. The number of halogens is 2. The lowest BCUT2D eigenvalue weighted by Crippen LogP contribution is -2.22. The number of nitrogens with one attached hydrogen (secondary N) is 1. The Bertz CT molecular complexity index is 367. The van der Waals surface area contributed by atoms with Gasteiger partial charge in [0.15, 0.2) is 11.6 Å². The summed E-state index contributed by atoms with van der Waals surface area (Å²) in [6.07, 6.45) is 5.26. The Hall–Kier alpha value is -0.680. The van der Waals surface area contributed by atoms with Gasteiger partial charge in [-0.3, -0.25) is 0 Å². The van der Waals surface area contributed by atoms with E-state index in [1.807, 2.05) is 0 Å². The third-order valence-corrected chi connectivity index (χ3v) is 3.38. The van der Waals surface area contributed by atoms with Gasteiger partial charge in [-0.2, -0.15) is 0 Å². The summed E-state index contributed by atoms with van der Waals surface area (Å²) in [5.41, 5.74) is 0. The summed E-state index contributed by atoms with van der Waals surface area (Å²) in [6.45, 7) is 4.28. The molecule has 0 aliphatic carbocycles. The first-order valence-corrected chi connectivity index (χ1v) is 6.82. The summed E-state index contributed by atoms with van der Waals surface area (Å²) in [7, 11) is 0. The number of anilines is 1. The van der Waals surface area contributed by atoms with Crippen molar-refractivity contribution >= 4 is 21.7 Å². The van der Waals surface area contributed by atoms with Crippen molar-refractivity contribution in [3.05, 3.63) is 22.6 Å². The molecule has 2 rings (SSSR count). The van der Waals surface area contributed by atoms with Crippen molar-refractivity contribution in [1.29, 1.82) is 0 Å². The Kier molecular flexibility index (Phi) is 4.74. The first-order valence-electron chi connectivity index (χ1n) is 6.03. The molecule has 2 heterocycles. The first-order chi connectivity index (χ1) is 8.25. The van der Waals surface area contributed by atoms with Crippen LogP contribution in [0, 0.1) is 5.82 Å². The second-order valence-corrected chi connectivity index (χ2v) is 5.23. The summed E-state index contributed by atoms with van der Waals surface area (Å²) < 4.78 is 14.1. The summed E-state index contributed by atoms with van der Waals surface area (Å²) >= 11 is 3.19. The third kappa shape index (κ3) is 3.92. The highest BCUT2D eigenvalue weighted by molar-refractivity contribution is 9.10. The van der Waals surface area contributed by atoms with Crippen LogP contribution in [0.25, 0.3) is 0 Å². The lowest BCUT2D eigenvalue weighted by atomic mass is 10.3. The lowest BCUT2D eigenvalue weighted by Gasteiger charge is -2.14. The van der Waals surface area contributed by atoms with Gasteiger partial charge in [0.2, 0.25) is 0 Å². The van der Waals surface area contributed by atoms with Crippen molar-refractivity contribution in [3.63, 3.8) is 0 Å². The Morgan fingerprint density at radius 2 is 2.18 bits per heavy atom. The maximum Gasteiger partial charge on any atom is 0.166 e. The normalized spacial score (nSPS) is 16.4. The van der Waals surface area contributed by atoms with E-state index in [0.29, 0.717) is 10.3 Å². The Morgan fingerprint density at radius 1 is 1.41 bits per heavy atom. The van der Waals surface area contributed by atoms with Crippen molar-refractivity contribution < 1.29 is 4.39 Å². The highest BCUT2D eigenvalue weighted by Gasteiger charge is 2.10. The molecule has 1 aromatic rings. The first kappa shape index (κ1) is 12.8. The molecule has 1 saturated heterocycles. The van der Waals surface area contributed by atoms with Crippen LogP contribution in [0.2, 0.25) is 0 Å². The minimum atomic E-state index is -0.305. The van der Waals surface area contributed by atoms with Crippen molar-refractivity contribution in [1.82, 2.24) is 9.88 Å². The van der Waals surface area contributed by atoms with Crippen molar-refractivity contribution in [2.45, 2.75) is 19.3 Å². The van der Waals surface area contributed by atoms with E-state index in [1.165, 1.54) is 32.0 Å². The third-order valence-electron chi connectivity index (χ3n) is 2.95. The predicted octanol–water partition coefficient (Wildman–Crippen LogP) is 2.88. The highest BCUT2D eigenvalue weighted by atomic mass is 79.9. The fourth-order valence-electron chi connectivity index (χ4n) is 2.06. The van der Waals surface area contributed by atoms with Crippen LogP contribution in [0.15, 0.2) is 16.7 Å². The minimum Gasteiger partial charge on any atom is -0.368 e. The number of rotatable bonds is 5. The molecule has 0 bridgehead atoms. The average molecular weight is 302 g/mol. The molecule has 1 aromatic heterocycles. The molecule has 1 fully saturated rings. The van der Waals surface area contributed by atoms with Crippen LogP contribution in [0.3, 0.4) is 0 Å². The number of nitrogens with zero attached hydrogens (tertiary/aromatic N) is 2. The van der Waals surface area contributed by atoms with Crippen LogP contribution in [0.1, 0.15) is 19.3 Å². The molecule has 94 valence electrons. The average Bonchev–Trinajstić information content (AvgIpc) is 2.79. The second-order valence-electron chi connectivity index (χ2n) is 4.31. The number of hydrogen-bond donors (Lipinski definition) is 1. The maximum absolute atomic E-state index is 13.4. The van der Waals surface area contributed by atoms with Gasteiger partial charge in [0.25, 0.3) is 0 Å². The van der Waals surface area contributed by atoms with Crippen LogP contribution in [-0.4, -0.2) is 36.1 Å². The van der Waals surface area contributed by atoms with Gasteiger partial charge in [-0.15, -0.1) is 0 Å². The van der Waals surface area contributed by atoms with E-state index < -0.39 is 0 Å². The number of likely N-dealkylation sites (tertiary alicyclic amines) is 1. The van der Waals surface area contributed by atoms with E-state index in [9.17, 15) is 4.39 Å². The van der Waals surface area contributed by atoms with Crippen molar-refractivity contribution in [3.8, 4) is 0 Å². The Labute approximate surface area is 110 Å². The predicted molar refractivity (Wildman–Crippen MR) is 70.7 cm³/mol. The van der Waals surface area contributed by atoms with E-state index in [-0.39, 0.29) is 5.82 Å². The van der Waals surface area contributed by atoms with Gasteiger partial charge in [-0.25, -0.2) is 9.37 Å². The van der Waals surface area contributed by atoms with E-state index in [4.69, 9.17) is 0 Å². The zero-order valence-electron chi connectivity index (χ0n) is 9.75. The molecule has 1 aliphatic rings. The van der Waals surface area contributed by atoms with Gasteiger partial charge in [-0.1, -0.05) is 0 Å². The summed E-state index contributed by atoms with van der Waals surface area (Å²) in [5, 5.41) is 3.03. The molecule has 17 heavy (non-hydrogen) atoms. The van der Waals surface area contributed by atoms with E-state index >= 15 is 0 Å². The van der Waals surface area contributed by atoms with Crippen LogP contribution in [0.5, 0.6) is 0 Å². The number of pyridine rings is 1. The molecule has 5 heteroatoms. The quantitative estimate of drug-likeness (QED) is 0.848. The monoisotopic (exact) mass is 301 g/mol.